The molecular formula is C20H23N3OS. The van der Waals surface area contributed by atoms with Gasteiger partial charge in [-0.15, -0.1) is 0 Å². The normalized spacial score (nSPS) is 24.6. The molecule has 0 aliphatic carbocycles. The first-order chi connectivity index (χ1) is 12.3. The minimum atomic E-state index is 0.475. The number of ether oxygens (including phenoxy) is 1. The van der Waals surface area contributed by atoms with E-state index in [1.807, 2.05) is 54.6 Å². The summed E-state index contributed by atoms with van der Waals surface area (Å²) >= 11 is 5.50. The van der Waals surface area contributed by atoms with Crippen molar-refractivity contribution in [3.05, 3.63) is 54.6 Å². The average Bonchev–Trinajstić information content (AvgIpc) is 2.65. The summed E-state index contributed by atoms with van der Waals surface area (Å²) in [5.41, 5.74) is 0.971. The molecule has 25 heavy (non-hydrogen) atoms. The molecule has 2 aromatic rings. The molecular weight excluding hydrogens is 330 g/mol. The first kappa shape index (κ1) is 16.4. The number of para-hydroxylation sites is 1. The van der Waals surface area contributed by atoms with Gasteiger partial charge in [0.05, 0.1) is 0 Å². The van der Waals surface area contributed by atoms with E-state index < -0.39 is 0 Å². The van der Waals surface area contributed by atoms with Crippen LogP contribution in [0.4, 0.5) is 5.69 Å². The van der Waals surface area contributed by atoms with Gasteiger partial charge in [0.2, 0.25) is 0 Å². The molecule has 4 nitrogen and oxygen atoms in total. The lowest BCUT2D eigenvalue weighted by Crippen LogP contribution is -2.57. The Balaban J connectivity index is 1.31. The maximum atomic E-state index is 5.81. The molecule has 0 unspecified atom stereocenters. The Labute approximate surface area is 154 Å². The number of anilines is 1. The number of fused-ring (bicyclic) bond motifs is 3. The molecule has 2 bridgehead atoms. The van der Waals surface area contributed by atoms with Gasteiger partial charge in [-0.3, -0.25) is 0 Å². The molecule has 130 valence electrons. The second kappa shape index (κ2) is 7.42. The van der Waals surface area contributed by atoms with E-state index in [2.05, 4.69) is 15.5 Å². The standard InChI is InChI=1S/C20H23N3OS/c25-20(22-19-14-23-12-10-15(19)11-13-23)21-16-6-8-18(9-7-16)24-17-4-2-1-3-5-17/h1-9,15,19H,10-14H2,(H2,21,22,25)/t19-/m0/s1. The van der Waals surface area contributed by atoms with Crippen LogP contribution in [0.5, 0.6) is 11.5 Å². The number of nitrogens with zero attached hydrogens (tertiary/aromatic N) is 1. The predicted molar refractivity (Wildman–Crippen MR) is 105 cm³/mol. The van der Waals surface area contributed by atoms with Crippen LogP contribution in [0.1, 0.15) is 12.8 Å². The molecule has 2 aromatic carbocycles. The van der Waals surface area contributed by atoms with E-state index in [0.717, 1.165) is 29.6 Å². The van der Waals surface area contributed by atoms with Gasteiger partial charge in [-0.25, -0.2) is 0 Å². The molecule has 3 heterocycles. The van der Waals surface area contributed by atoms with Crippen molar-refractivity contribution >= 4 is 23.0 Å². The number of hydrogen-bond donors (Lipinski definition) is 2. The van der Waals surface area contributed by atoms with Gasteiger partial charge in [0.25, 0.3) is 0 Å². The lowest BCUT2D eigenvalue weighted by atomic mass is 9.84. The largest absolute Gasteiger partial charge is 0.457 e. The zero-order valence-corrected chi connectivity index (χ0v) is 15.0. The van der Waals surface area contributed by atoms with Crippen molar-refractivity contribution in [2.24, 2.45) is 5.92 Å². The molecule has 0 radical (unpaired) electrons. The fourth-order valence-electron chi connectivity index (χ4n) is 3.70. The quantitative estimate of drug-likeness (QED) is 0.817. The van der Waals surface area contributed by atoms with Gasteiger partial charge in [0, 0.05) is 18.3 Å². The number of piperidine rings is 3. The number of benzene rings is 2. The van der Waals surface area contributed by atoms with Crippen molar-refractivity contribution in [2.75, 3.05) is 25.0 Å². The summed E-state index contributed by atoms with van der Waals surface area (Å²) in [6.07, 6.45) is 2.57. The van der Waals surface area contributed by atoms with Gasteiger partial charge in [0.1, 0.15) is 11.5 Å². The topological polar surface area (TPSA) is 36.5 Å². The Morgan fingerprint density at radius 1 is 0.960 bits per heavy atom. The summed E-state index contributed by atoms with van der Waals surface area (Å²) in [6.45, 7) is 3.59. The van der Waals surface area contributed by atoms with Gasteiger partial charge in [0.15, 0.2) is 5.11 Å². The fourth-order valence-corrected chi connectivity index (χ4v) is 3.96. The molecule has 1 atom stereocenters. The molecule has 3 aliphatic heterocycles. The first-order valence-electron chi connectivity index (χ1n) is 8.89. The van der Waals surface area contributed by atoms with Gasteiger partial charge in [-0.2, -0.15) is 0 Å². The number of thiocarbonyl (C=S) groups is 1. The van der Waals surface area contributed by atoms with Crippen molar-refractivity contribution in [1.82, 2.24) is 10.2 Å². The van der Waals surface area contributed by atoms with Crippen LogP contribution < -0.4 is 15.4 Å². The number of nitrogens with one attached hydrogen (secondary N) is 2. The molecule has 3 aliphatic rings. The fraction of sp³-hybridized carbons (Fsp3) is 0.350. The minimum Gasteiger partial charge on any atom is -0.457 e. The molecule has 3 fully saturated rings. The molecule has 0 spiro atoms. The van der Waals surface area contributed by atoms with Crippen molar-refractivity contribution in [3.8, 4) is 11.5 Å². The molecule has 3 saturated heterocycles. The lowest BCUT2D eigenvalue weighted by molar-refractivity contribution is 0.0815. The van der Waals surface area contributed by atoms with E-state index in [9.17, 15) is 0 Å². The highest BCUT2D eigenvalue weighted by Crippen LogP contribution is 2.27. The van der Waals surface area contributed by atoms with E-state index in [4.69, 9.17) is 17.0 Å². The molecule has 5 rings (SSSR count). The van der Waals surface area contributed by atoms with Crippen molar-refractivity contribution in [2.45, 2.75) is 18.9 Å². The third-order valence-corrected chi connectivity index (χ3v) is 5.28. The van der Waals surface area contributed by atoms with Gasteiger partial charge >= 0.3 is 0 Å². The first-order valence-corrected chi connectivity index (χ1v) is 9.30. The van der Waals surface area contributed by atoms with Crippen LogP contribution in [-0.4, -0.2) is 35.7 Å². The average molecular weight is 353 g/mol. The van der Waals surface area contributed by atoms with Crippen LogP contribution in [-0.2, 0) is 0 Å². The third kappa shape index (κ3) is 4.11. The van der Waals surface area contributed by atoms with Crippen LogP contribution in [0.25, 0.3) is 0 Å². The third-order valence-electron chi connectivity index (χ3n) is 5.06. The summed E-state index contributed by atoms with van der Waals surface area (Å²) < 4.78 is 5.81. The maximum Gasteiger partial charge on any atom is 0.171 e. The second-order valence-electron chi connectivity index (χ2n) is 6.78. The van der Waals surface area contributed by atoms with Crippen LogP contribution in [0.2, 0.25) is 0 Å². The summed E-state index contributed by atoms with van der Waals surface area (Å²) in [6, 6.07) is 18.1. The molecule has 0 aromatic heterocycles. The van der Waals surface area contributed by atoms with Crippen molar-refractivity contribution in [1.29, 1.82) is 0 Å². The highest BCUT2D eigenvalue weighted by atomic mass is 32.1. The zero-order valence-electron chi connectivity index (χ0n) is 14.2. The van der Waals surface area contributed by atoms with E-state index in [1.165, 1.54) is 25.9 Å². The van der Waals surface area contributed by atoms with Gasteiger partial charge in [-0.1, -0.05) is 18.2 Å². The van der Waals surface area contributed by atoms with Crippen molar-refractivity contribution in [3.63, 3.8) is 0 Å². The molecule has 5 heteroatoms. The smallest absolute Gasteiger partial charge is 0.171 e. The monoisotopic (exact) mass is 353 g/mol. The van der Waals surface area contributed by atoms with Crippen LogP contribution >= 0.6 is 12.2 Å². The van der Waals surface area contributed by atoms with E-state index in [-0.39, 0.29) is 0 Å². The lowest BCUT2D eigenvalue weighted by Gasteiger charge is -2.45. The van der Waals surface area contributed by atoms with Crippen LogP contribution in [0.15, 0.2) is 54.6 Å². The Kier molecular flexibility index (Phi) is 4.85. The maximum absolute atomic E-state index is 5.81. The Morgan fingerprint density at radius 3 is 2.28 bits per heavy atom. The van der Waals surface area contributed by atoms with E-state index in [0.29, 0.717) is 11.2 Å². The minimum absolute atomic E-state index is 0.475. The highest BCUT2D eigenvalue weighted by Gasteiger charge is 2.34. The molecule has 2 N–H and O–H groups in total. The van der Waals surface area contributed by atoms with Crippen LogP contribution in [0, 0.1) is 5.92 Å². The molecule has 0 saturated carbocycles. The van der Waals surface area contributed by atoms with E-state index in [1.54, 1.807) is 0 Å². The van der Waals surface area contributed by atoms with Gasteiger partial charge in [-0.05, 0) is 80.5 Å². The summed E-state index contributed by atoms with van der Waals surface area (Å²) in [5, 5.41) is 7.49. The van der Waals surface area contributed by atoms with E-state index >= 15 is 0 Å². The summed E-state index contributed by atoms with van der Waals surface area (Å²) in [4.78, 5) is 2.52. The highest BCUT2D eigenvalue weighted by molar-refractivity contribution is 7.80. The zero-order chi connectivity index (χ0) is 17.1. The Bertz CT molecular complexity index is 711. The SMILES string of the molecule is S=C(Nc1ccc(Oc2ccccc2)cc1)N[C@H]1CN2CCC1CC2. The second-order valence-corrected chi connectivity index (χ2v) is 7.19. The summed E-state index contributed by atoms with van der Waals surface area (Å²) in [5.74, 6) is 2.40. The summed E-state index contributed by atoms with van der Waals surface area (Å²) in [7, 11) is 0. The number of rotatable bonds is 4. The van der Waals surface area contributed by atoms with Crippen molar-refractivity contribution < 1.29 is 4.74 Å². The number of hydrogen-bond acceptors (Lipinski definition) is 3. The predicted octanol–water partition coefficient (Wildman–Crippen LogP) is 3.86. The Hall–Kier alpha value is -2.11. The van der Waals surface area contributed by atoms with Gasteiger partial charge < -0.3 is 20.3 Å². The molecule has 0 amide bonds. The van der Waals surface area contributed by atoms with Crippen LogP contribution in [0.3, 0.4) is 0 Å². The Morgan fingerprint density at radius 2 is 1.64 bits per heavy atom.